The van der Waals surface area contributed by atoms with E-state index in [1.807, 2.05) is 0 Å². The molecule has 0 unspecified atom stereocenters. The zero-order valence-corrected chi connectivity index (χ0v) is 39.3. The predicted octanol–water partition coefficient (Wildman–Crippen LogP) is 19.8. The van der Waals surface area contributed by atoms with Crippen molar-refractivity contribution in [2.24, 2.45) is 0 Å². The van der Waals surface area contributed by atoms with Crippen molar-refractivity contribution in [3.63, 3.8) is 0 Å². The van der Waals surface area contributed by atoms with Crippen molar-refractivity contribution in [1.82, 2.24) is 0 Å². The Bertz CT molecular complexity index is 4710. The third-order valence-electron chi connectivity index (χ3n) is 17.3. The van der Waals surface area contributed by atoms with Crippen LogP contribution in [0.3, 0.4) is 0 Å². The first-order chi connectivity index (χ1) is 35.0. The van der Waals surface area contributed by atoms with E-state index >= 15 is 0 Å². The molecule has 0 spiro atoms. The van der Waals surface area contributed by atoms with E-state index in [1.165, 1.54) is 176 Å². The van der Waals surface area contributed by atoms with Crippen LogP contribution in [-0.2, 0) is 5.41 Å². The highest BCUT2D eigenvalue weighted by atomic mass is 14.4. The largest absolute Gasteiger partial charge is 0.0616 e. The van der Waals surface area contributed by atoms with E-state index in [2.05, 4.69) is 232 Å². The van der Waals surface area contributed by atoms with E-state index in [1.54, 1.807) is 0 Å². The third kappa shape index (κ3) is 4.76. The Morgan fingerprint density at radius 2 is 0.648 bits per heavy atom. The van der Waals surface area contributed by atoms with Crippen LogP contribution in [-0.4, -0.2) is 0 Å². The fourth-order valence-corrected chi connectivity index (χ4v) is 14.2. The number of fused-ring (bicyclic) bond motifs is 11. The van der Waals surface area contributed by atoms with Crippen LogP contribution in [0.5, 0.6) is 0 Å². The summed E-state index contributed by atoms with van der Waals surface area (Å²) in [6.07, 6.45) is 0. The monoisotopic (exact) mass is 894 g/mol. The molecule has 3 aliphatic carbocycles. The molecule has 0 aliphatic heterocycles. The average molecular weight is 895 g/mol. The molecular formula is C71H42. The first-order valence-corrected chi connectivity index (χ1v) is 25.2. The van der Waals surface area contributed by atoms with Gasteiger partial charge in [-0.1, -0.05) is 208 Å². The zero-order valence-electron chi connectivity index (χ0n) is 39.3. The molecule has 0 N–H and O–H groups in total. The normalized spacial score (nSPS) is 13.6. The summed E-state index contributed by atoms with van der Waals surface area (Å²) >= 11 is 0. The molecule has 14 aromatic rings. The van der Waals surface area contributed by atoms with Crippen molar-refractivity contribution in [3.8, 4) is 89.0 Å². The Morgan fingerprint density at radius 3 is 1.25 bits per heavy atom. The molecule has 0 amide bonds. The Hall–Kier alpha value is -8.84. The van der Waals surface area contributed by atoms with Crippen molar-refractivity contribution in [1.29, 1.82) is 0 Å². The van der Waals surface area contributed by atoms with Gasteiger partial charge in [0.15, 0.2) is 0 Å². The van der Waals surface area contributed by atoms with Gasteiger partial charge in [0.25, 0.3) is 0 Å². The van der Waals surface area contributed by atoms with E-state index in [4.69, 9.17) is 0 Å². The van der Waals surface area contributed by atoms with Crippen LogP contribution < -0.4 is 0 Å². The number of hydrogen-bond donors (Lipinski definition) is 0. The Labute approximate surface area is 411 Å². The first kappa shape index (κ1) is 38.1. The maximum absolute atomic E-state index is 2.61. The van der Waals surface area contributed by atoms with Crippen LogP contribution in [0.4, 0.5) is 0 Å². The van der Waals surface area contributed by atoms with E-state index in [0.29, 0.717) is 0 Å². The second kappa shape index (κ2) is 13.3. The van der Waals surface area contributed by atoms with Gasteiger partial charge in [-0.05, 0) is 200 Å². The molecule has 0 saturated carbocycles. The van der Waals surface area contributed by atoms with E-state index in [0.717, 1.165) is 0 Å². The SMILES string of the molecule is CC1(C)c2cc(-c3cc4cccc5ccc6cccc3c6c54)ccc2-c2cc3c(-c4ccc5c6c(cccc46)-c4ccccc4-5)c4ccccc4c(-c4ccc5c6c(cccc46)-c4ccccc4-5)c3cc21. The first-order valence-electron chi connectivity index (χ1n) is 25.2. The smallest absolute Gasteiger partial charge is 0.0159 e. The minimum absolute atomic E-state index is 0.269. The molecule has 14 aromatic carbocycles. The average Bonchev–Trinajstić information content (AvgIpc) is 4.01. The van der Waals surface area contributed by atoms with Crippen molar-refractivity contribution >= 4 is 75.4 Å². The molecule has 326 valence electrons. The highest BCUT2D eigenvalue weighted by Crippen LogP contribution is 2.58. The highest BCUT2D eigenvalue weighted by Gasteiger charge is 2.38. The van der Waals surface area contributed by atoms with Gasteiger partial charge in [0.05, 0.1) is 0 Å². The lowest BCUT2D eigenvalue weighted by Gasteiger charge is -2.25. The molecule has 3 aliphatic rings. The lowest BCUT2D eigenvalue weighted by atomic mass is 9.78. The van der Waals surface area contributed by atoms with Gasteiger partial charge in [-0.3, -0.25) is 0 Å². The van der Waals surface area contributed by atoms with Crippen molar-refractivity contribution in [2.45, 2.75) is 19.3 Å². The topological polar surface area (TPSA) is 0 Å². The van der Waals surface area contributed by atoms with E-state index in [-0.39, 0.29) is 5.41 Å². The number of hydrogen-bond acceptors (Lipinski definition) is 0. The third-order valence-corrected chi connectivity index (χ3v) is 17.3. The lowest BCUT2D eigenvalue weighted by molar-refractivity contribution is 0.661. The van der Waals surface area contributed by atoms with E-state index in [9.17, 15) is 0 Å². The zero-order chi connectivity index (χ0) is 46.4. The summed E-state index contributed by atoms with van der Waals surface area (Å²) in [6, 6.07) is 83.8. The van der Waals surface area contributed by atoms with Crippen molar-refractivity contribution in [2.75, 3.05) is 0 Å². The molecule has 0 atom stereocenters. The number of rotatable bonds is 3. The van der Waals surface area contributed by atoms with Crippen LogP contribution >= 0.6 is 0 Å². The van der Waals surface area contributed by atoms with Gasteiger partial charge in [0.2, 0.25) is 0 Å². The summed E-state index contributed by atoms with van der Waals surface area (Å²) in [4.78, 5) is 0. The maximum Gasteiger partial charge on any atom is 0.0159 e. The Balaban J connectivity index is 0.970. The van der Waals surface area contributed by atoms with Gasteiger partial charge in [-0.2, -0.15) is 0 Å². The maximum atomic E-state index is 2.61. The van der Waals surface area contributed by atoms with Crippen molar-refractivity contribution < 1.29 is 0 Å². The van der Waals surface area contributed by atoms with Gasteiger partial charge in [0, 0.05) is 5.41 Å². The molecule has 0 bridgehead atoms. The van der Waals surface area contributed by atoms with Gasteiger partial charge < -0.3 is 0 Å². The van der Waals surface area contributed by atoms with Gasteiger partial charge in [0.1, 0.15) is 0 Å². The van der Waals surface area contributed by atoms with Crippen LogP contribution in [0.1, 0.15) is 25.0 Å². The van der Waals surface area contributed by atoms with Crippen LogP contribution in [0.15, 0.2) is 218 Å². The summed E-state index contributed by atoms with van der Waals surface area (Å²) < 4.78 is 0. The predicted molar refractivity (Wildman–Crippen MR) is 303 cm³/mol. The Morgan fingerprint density at radius 1 is 0.225 bits per heavy atom. The number of benzene rings is 14. The summed E-state index contributed by atoms with van der Waals surface area (Å²) in [5.74, 6) is 0. The second-order valence-corrected chi connectivity index (χ2v) is 21.0. The molecule has 0 heteroatoms. The molecule has 0 fully saturated rings. The van der Waals surface area contributed by atoms with Crippen molar-refractivity contribution in [3.05, 3.63) is 230 Å². The summed E-state index contributed by atoms with van der Waals surface area (Å²) in [5, 5.41) is 18.4. The molecule has 0 aromatic heterocycles. The van der Waals surface area contributed by atoms with Crippen LogP contribution in [0, 0.1) is 0 Å². The standard InChI is InChI=1S/C71H42/c1-71(2)63-36-41(59-35-42-15-9-13-39-27-28-40-14-10-22-54(59)66(40)65(39)42)29-30-47(63)60-37-61-62(38-64(60)71)70(58-34-32-56-46-19-6-4-17-44(46)49-24-12-26-53(58)68(49)56)51-21-8-7-20-50(51)69(61)57-33-31-55-45-18-5-3-16-43(45)48-23-11-25-52(57)67(48)55/h3-38H,1-2H3. The molecule has 0 radical (unpaired) electrons. The Kier molecular flexibility index (Phi) is 7.11. The second-order valence-electron chi connectivity index (χ2n) is 21.0. The molecule has 0 nitrogen and oxygen atoms in total. The summed E-state index contributed by atoms with van der Waals surface area (Å²) in [7, 11) is 0. The fraction of sp³-hybridized carbons (Fsp3) is 0.0423. The molecule has 0 saturated heterocycles. The van der Waals surface area contributed by atoms with Crippen LogP contribution in [0.25, 0.3) is 164 Å². The highest BCUT2D eigenvalue weighted by molar-refractivity contribution is 6.30. The molecule has 0 heterocycles. The van der Waals surface area contributed by atoms with Gasteiger partial charge in [-0.15, -0.1) is 0 Å². The summed E-state index contributed by atoms with van der Waals surface area (Å²) in [5.41, 5.74) is 23.5. The summed E-state index contributed by atoms with van der Waals surface area (Å²) in [6.45, 7) is 4.91. The molecule has 71 heavy (non-hydrogen) atoms. The minimum atomic E-state index is -0.269. The van der Waals surface area contributed by atoms with Gasteiger partial charge >= 0.3 is 0 Å². The fourth-order valence-electron chi connectivity index (χ4n) is 14.2. The molecule has 17 rings (SSSR count). The van der Waals surface area contributed by atoms with Gasteiger partial charge in [-0.25, -0.2) is 0 Å². The van der Waals surface area contributed by atoms with E-state index < -0.39 is 0 Å². The minimum Gasteiger partial charge on any atom is -0.0616 e. The van der Waals surface area contributed by atoms with Crippen LogP contribution in [0.2, 0.25) is 0 Å². The molecular weight excluding hydrogens is 853 g/mol. The quantitative estimate of drug-likeness (QED) is 0.122. The lowest BCUT2D eigenvalue weighted by Crippen LogP contribution is -2.15.